The molecule has 1 unspecified atom stereocenters. The Balaban J connectivity index is 2.05. The fourth-order valence-corrected chi connectivity index (χ4v) is 3.11. The highest BCUT2D eigenvalue weighted by Gasteiger charge is 2.35. The van der Waals surface area contributed by atoms with Crippen LogP contribution in [0.1, 0.15) is 20.7 Å². The first-order valence-corrected chi connectivity index (χ1v) is 10.3. The number of thiocarbonyl (C=S) groups is 1. The third-order valence-electron chi connectivity index (χ3n) is 3.53. The van der Waals surface area contributed by atoms with Gasteiger partial charge >= 0.3 is 5.97 Å². The summed E-state index contributed by atoms with van der Waals surface area (Å²) < 4.78 is 3.49. The van der Waals surface area contributed by atoms with Crippen molar-refractivity contribution in [2.24, 2.45) is 0 Å². The molecule has 0 fully saturated rings. The number of nitrogens with one attached hydrogen (secondary N) is 3. The third-order valence-corrected chi connectivity index (χ3v) is 4.90. The minimum Gasteiger partial charge on any atom is -0.465 e. The second kappa shape index (κ2) is 10.4. The molecule has 0 aromatic heterocycles. The number of anilines is 1. The number of halogens is 4. The maximum absolute atomic E-state index is 12.5. The zero-order valence-electron chi connectivity index (χ0n) is 14.8. The van der Waals surface area contributed by atoms with Gasteiger partial charge in [-0.25, -0.2) is 4.79 Å². The SMILES string of the molecule is COC(=O)c1ccc(NC(=S)NC(NC(=O)c2cccc(Br)c2)C(Cl)(Cl)Cl)cc1. The van der Waals surface area contributed by atoms with Gasteiger partial charge in [0.1, 0.15) is 6.17 Å². The number of alkyl halides is 3. The van der Waals surface area contributed by atoms with Gasteiger partial charge in [-0.3, -0.25) is 4.79 Å². The van der Waals surface area contributed by atoms with Crippen LogP contribution in [0.15, 0.2) is 53.0 Å². The molecule has 6 nitrogen and oxygen atoms in total. The van der Waals surface area contributed by atoms with Crippen LogP contribution in [0.3, 0.4) is 0 Å². The highest BCUT2D eigenvalue weighted by molar-refractivity contribution is 9.10. The summed E-state index contributed by atoms with van der Waals surface area (Å²) in [6.45, 7) is 0. The van der Waals surface area contributed by atoms with Gasteiger partial charge < -0.3 is 20.7 Å². The number of amides is 1. The molecule has 0 aliphatic carbocycles. The molecule has 0 heterocycles. The largest absolute Gasteiger partial charge is 0.465 e. The molecule has 1 amide bonds. The van der Waals surface area contributed by atoms with Crippen LogP contribution >= 0.6 is 63.0 Å². The topological polar surface area (TPSA) is 79.5 Å². The van der Waals surface area contributed by atoms with Gasteiger partial charge in [0, 0.05) is 15.7 Å². The number of hydrogen-bond donors (Lipinski definition) is 3. The molecule has 0 radical (unpaired) electrons. The zero-order chi connectivity index (χ0) is 21.6. The van der Waals surface area contributed by atoms with Crippen molar-refractivity contribution in [1.82, 2.24) is 10.6 Å². The standard InChI is InChI=1S/C18H15BrCl3N3O3S/c1-28-15(27)10-5-7-13(8-6-10)23-17(29)25-16(18(20,21)22)24-14(26)11-3-2-4-12(19)9-11/h2-9,16H,1H3,(H,24,26)(H2,23,25,29). The molecule has 2 aromatic rings. The summed E-state index contributed by atoms with van der Waals surface area (Å²) in [5, 5.41) is 8.33. The second-order valence-electron chi connectivity index (χ2n) is 5.63. The molecule has 3 N–H and O–H groups in total. The molecule has 2 aromatic carbocycles. The number of carbonyl (C=O) groups is 2. The van der Waals surface area contributed by atoms with Crippen molar-refractivity contribution >= 4 is 85.6 Å². The Morgan fingerprint density at radius 3 is 2.28 bits per heavy atom. The summed E-state index contributed by atoms with van der Waals surface area (Å²) in [5.74, 6) is -0.913. The van der Waals surface area contributed by atoms with Gasteiger partial charge in [-0.2, -0.15) is 0 Å². The smallest absolute Gasteiger partial charge is 0.337 e. The van der Waals surface area contributed by atoms with E-state index in [9.17, 15) is 9.59 Å². The molecule has 154 valence electrons. The molecular formula is C18H15BrCl3N3O3S. The summed E-state index contributed by atoms with van der Waals surface area (Å²) in [7, 11) is 1.30. The average Bonchev–Trinajstić information content (AvgIpc) is 2.66. The van der Waals surface area contributed by atoms with Gasteiger partial charge in [-0.1, -0.05) is 56.8 Å². The Morgan fingerprint density at radius 1 is 1.07 bits per heavy atom. The fourth-order valence-electron chi connectivity index (χ4n) is 2.15. The molecule has 0 aliphatic rings. The summed E-state index contributed by atoms with van der Waals surface area (Å²) >= 11 is 26.5. The predicted molar refractivity (Wildman–Crippen MR) is 123 cm³/mol. The van der Waals surface area contributed by atoms with Crippen molar-refractivity contribution in [3.8, 4) is 0 Å². The van der Waals surface area contributed by atoms with Gasteiger partial charge in [0.05, 0.1) is 12.7 Å². The van der Waals surface area contributed by atoms with E-state index in [0.29, 0.717) is 16.8 Å². The highest BCUT2D eigenvalue weighted by Crippen LogP contribution is 2.29. The van der Waals surface area contributed by atoms with Crippen LogP contribution in [0.25, 0.3) is 0 Å². The number of hydrogen-bond acceptors (Lipinski definition) is 4. The van der Waals surface area contributed by atoms with Gasteiger partial charge in [-0.15, -0.1) is 0 Å². The van der Waals surface area contributed by atoms with Crippen molar-refractivity contribution in [3.05, 3.63) is 64.1 Å². The van der Waals surface area contributed by atoms with E-state index in [1.807, 2.05) is 0 Å². The van der Waals surface area contributed by atoms with E-state index in [1.165, 1.54) is 7.11 Å². The summed E-state index contributed by atoms with van der Waals surface area (Å²) in [5.41, 5.74) is 1.34. The number of carbonyl (C=O) groups excluding carboxylic acids is 2. The van der Waals surface area contributed by atoms with E-state index in [4.69, 9.17) is 47.0 Å². The van der Waals surface area contributed by atoms with E-state index in [1.54, 1.807) is 48.5 Å². The number of esters is 1. The molecule has 29 heavy (non-hydrogen) atoms. The second-order valence-corrected chi connectivity index (χ2v) is 9.32. The van der Waals surface area contributed by atoms with Gasteiger partial charge in [0.15, 0.2) is 5.11 Å². The molecule has 0 aliphatic heterocycles. The van der Waals surface area contributed by atoms with Crippen LogP contribution in [0.2, 0.25) is 0 Å². The number of methoxy groups -OCH3 is 1. The highest BCUT2D eigenvalue weighted by atomic mass is 79.9. The van der Waals surface area contributed by atoms with Gasteiger partial charge in [-0.05, 0) is 54.7 Å². The molecule has 1 atom stereocenters. The summed E-state index contributed by atoms with van der Waals surface area (Å²) in [6.07, 6.45) is -1.12. The van der Waals surface area contributed by atoms with Crippen LogP contribution in [0.4, 0.5) is 5.69 Å². The Morgan fingerprint density at radius 2 is 1.72 bits per heavy atom. The molecule has 0 saturated heterocycles. The first kappa shape index (κ1) is 23.7. The quantitative estimate of drug-likeness (QED) is 0.222. The van der Waals surface area contributed by atoms with Crippen molar-refractivity contribution < 1.29 is 14.3 Å². The van der Waals surface area contributed by atoms with Gasteiger partial charge in [0.2, 0.25) is 3.79 Å². The summed E-state index contributed by atoms with van der Waals surface area (Å²) in [4.78, 5) is 23.9. The molecule has 0 bridgehead atoms. The first-order chi connectivity index (χ1) is 13.6. The lowest BCUT2D eigenvalue weighted by Crippen LogP contribution is -2.56. The van der Waals surface area contributed by atoms with Crippen LogP contribution in [-0.2, 0) is 4.74 Å². The van der Waals surface area contributed by atoms with E-state index < -0.39 is 21.8 Å². The molecule has 2 rings (SSSR count). The molecular weight excluding hydrogens is 525 g/mol. The Labute approximate surface area is 196 Å². The van der Waals surface area contributed by atoms with Crippen molar-refractivity contribution in [2.45, 2.75) is 9.96 Å². The zero-order valence-corrected chi connectivity index (χ0v) is 19.5. The molecule has 0 spiro atoms. The maximum atomic E-state index is 12.5. The first-order valence-electron chi connectivity index (χ1n) is 7.99. The van der Waals surface area contributed by atoms with Crippen molar-refractivity contribution in [3.63, 3.8) is 0 Å². The maximum Gasteiger partial charge on any atom is 0.337 e. The monoisotopic (exact) mass is 537 g/mol. The third kappa shape index (κ3) is 7.31. The van der Waals surface area contributed by atoms with Gasteiger partial charge in [0.25, 0.3) is 5.91 Å². The lowest BCUT2D eigenvalue weighted by Gasteiger charge is -2.27. The van der Waals surface area contributed by atoms with Crippen molar-refractivity contribution in [2.75, 3.05) is 12.4 Å². The van der Waals surface area contributed by atoms with Crippen LogP contribution < -0.4 is 16.0 Å². The number of rotatable bonds is 5. The molecule has 0 saturated carbocycles. The minimum absolute atomic E-state index is 0.0988. The average molecular weight is 540 g/mol. The Hall–Kier alpha value is -1.58. The minimum atomic E-state index is -1.89. The number of benzene rings is 2. The van der Waals surface area contributed by atoms with Crippen molar-refractivity contribution in [1.29, 1.82) is 0 Å². The van der Waals surface area contributed by atoms with E-state index in [2.05, 4.69) is 36.6 Å². The van der Waals surface area contributed by atoms with E-state index in [0.717, 1.165) is 4.47 Å². The van der Waals surface area contributed by atoms with Crippen LogP contribution in [-0.4, -0.2) is 34.1 Å². The summed E-state index contributed by atoms with van der Waals surface area (Å²) in [6, 6.07) is 13.1. The lowest BCUT2D eigenvalue weighted by molar-refractivity contribution is 0.0600. The number of ether oxygens (including phenoxy) is 1. The fraction of sp³-hybridized carbons (Fsp3) is 0.167. The van der Waals surface area contributed by atoms with Crippen LogP contribution in [0, 0.1) is 0 Å². The predicted octanol–water partition coefficient (Wildman–Crippen LogP) is 4.65. The van der Waals surface area contributed by atoms with Crippen LogP contribution in [0.5, 0.6) is 0 Å². The van der Waals surface area contributed by atoms with E-state index >= 15 is 0 Å². The Bertz CT molecular complexity index is 907. The normalized spacial score (nSPS) is 11.9. The van der Waals surface area contributed by atoms with E-state index in [-0.39, 0.29) is 5.11 Å². The molecule has 11 heteroatoms. The lowest BCUT2D eigenvalue weighted by atomic mass is 10.2. The Kier molecular flexibility index (Phi) is 8.54.